The first-order valence-electron chi connectivity index (χ1n) is 36.2. The van der Waals surface area contributed by atoms with Crippen LogP contribution in [-0.4, -0.2) is 18.1 Å². The summed E-state index contributed by atoms with van der Waals surface area (Å²) in [6.45, 7) is 99.3. The zero-order valence-electron chi connectivity index (χ0n) is 68.1. The second-order valence-corrected chi connectivity index (χ2v) is 50.2. The van der Waals surface area contributed by atoms with Gasteiger partial charge in [0.1, 0.15) is 0 Å². The van der Waals surface area contributed by atoms with Crippen molar-refractivity contribution in [2.24, 2.45) is 43.3 Å². The maximum atomic E-state index is 9.36. The van der Waals surface area contributed by atoms with E-state index in [2.05, 4.69) is 350 Å². The van der Waals surface area contributed by atoms with E-state index >= 15 is 0 Å². The van der Waals surface area contributed by atoms with Gasteiger partial charge in [-0.2, -0.15) is 0 Å². The van der Waals surface area contributed by atoms with Gasteiger partial charge in [-0.15, -0.1) is 0 Å². The summed E-state index contributed by atoms with van der Waals surface area (Å²) >= 11 is 0. The molecule has 0 N–H and O–H groups in total. The fraction of sp³-hybridized carbons (Fsp3) is 0.727. The average Bonchev–Trinajstić information content (AvgIpc) is 0.749. The molecule has 0 aliphatic carbocycles. The van der Waals surface area contributed by atoms with Crippen LogP contribution in [0.1, 0.15) is 373 Å². The second kappa shape index (κ2) is 26.6. The van der Waals surface area contributed by atoms with Crippen LogP contribution in [0.25, 0.3) is 0 Å². The van der Waals surface area contributed by atoms with Crippen LogP contribution < -0.4 is 20.7 Å². The van der Waals surface area contributed by atoms with Crippen LogP contribution in [0.4, 0.5) is 0 Å². The molecule has 0 aliphatic rings. The Morgan fingerprint density at radius 1 is 0.198 bits per heavy atom. The van der Waals surface area contributed by atoms with Crippen molar-refractivity contribution >= 4 is 38.8 Å². The van der Waals surface area contributed by atoms with Crippen LogP contribution in [0, 0.1) is 43.3 Å². The first-order chi connectivity index (χ1) is 40.0. The van der Waals surface area contributed by atoms with Gasteiger partial charge in [0.25, 0.3) is 0 Å². The summed E-state index contributed by atoms with van der Waals surface area (Å²) in [4.78, 5) is 0. The van der Waals surface area contributed by atoms with Crippen LogP contribution >= 0.6 is 0 Å². The molecular formula is C88H150OSi2. The number of hydrogen-bond acceptors (Lipinski definition) is 1. The molecule has 0 spiro atoms. The largest absolute Gasteiger partial charge is 0.446 e. The highest BCUT2D eigenvalue weighted by Crippen LogP contribution is 2.47. The lowest BCUT2D eigenvalue weighted by atomic mass is 9.69. The van der Waals surface area contributed by atoms with Crippen LogP contribution in [-0.2, 0) is 47.4 Å². The Morgan fingerprint density at radius 2 is 0.330 bits per heavy atom. The predicted molar refractivity (Wildman–Crippen MR) is 416 cm³/mol. The Hall–Kier alpha value is -2.73. The number of rotatable bonds is 22. The van der Waals surface area contributed by atoms with Gasteiger partial charge in [-0.1, -0.05) is 350 Å². The van der Waals surface area contributed by atoms with Crippen molar-refractivity contribution in [3.05, 3.63) is 117 Å². The molecule has 0 bridgehead atoms. The Balaban J connectivity index is 2.61. The van der Waals surface area contributed by atoms with E-state index in [-0.39, 0.29) is 86.6 Å². The first kappa shape index (κ1) is 80.7. The lowest BCUT2D eigenvalue weighted by Gasteiger charge is -2.42. The average molecular weight is 1280 g/mol. The van der Waals surface area contributed by atoms with Crippen molar-refractivity contribution in [3.8, 4) is 0 Å². The van der Waals surface area contributed by atoms with Gasteiger partial charge in [-0.25, -0.2) is 0 Å². The van der Waals surface area contributed by atoms with E-state index in [4.69, 9.17) is 0 Å². The molecule has 4 aromatic rings. The zero-order valence-corrected chi connectivity index (χ0v) is 70.5. The summed E-state index contributed by atoms with van der Waals surface area (Å²) in [7, 11) is -5.64. The molecule has 0 saturated heterocycles. The van der Waals surface area contributed by atoms with Crippen molar-refractivity contribution in [2.75, 3.05) is 0 Å². The normalized spacial score (nSPS) is 15.0. The standard InChI is InChI=1S/C88H150OSi2/c1-73(2,3)53-81(25,26)61-41-45-69(65(49-61)85(33,34)57-77(13,14)15)90(70-46-42-62(82(27,28)54-74(4,5)6)50-66(70)86(35,36)58-78(16,17)18)89-91(71-47-43-63(83(29,30)55-75(7,8)9)51-67(71)87(37,38)59-79(19,20)21)72-48-44-64(84(31,32)56-76(10,11)12)52-68(72)88(39,40)60-80(22,23)24/h41-52,90-91H,53-60H2,1-40H3. The number of benzene rings is 4. The second-order valence-electron chi connectivity index (χ2n) is 45.1. The maximum Gasteiger partial charge on any atom is 0.229 e. The molecule has 0 unspecified atom stereocenters. The van der Waals surface area contributed by atoms with Gasteiger partial charge in [0, 0.05) is 0 Å². The molecule has 91 heavy (non-hydrogen) atoms. The minimum absolute atomic E-state index is 0.0508. The third-order valence-corrected chi connectivity index (χ3v) is 25.9. The lowest BCUT2D eigenvalue weighted by Crippen LogP contribution is -2.61. The highest BCUT2D eigenvalue weighted by molar-refractivity contribution is 6.92. The van der Waals surface area contributed by atoms with Crippen molar-refractivity contribution in [2.45, 2.75) is 372 Å². The van der Waals surface area contributed by atoms with Gasteiger partial charge in [-0.05, 0) is 203 Å². The first-order valence-corrected chi connectivity index (χ1v) is 39.5. The number of hydrogen-bond donors (Lipinski definition) is 0. The Bertz CT molecular complexity index is 2670. The highest BCUT2D eigenvalue weighted by Gasteiger charge is 2.45. The molecule has 3 heteroatoms. The predicted octanol–water partition coefficient (Wildman–Crippen LogP) is 23.8. The molecule has 1 nitrogen and oxygen atoms in total. The van der Waals surface area contributed by atoms with E-state index in [1.165, 1.54) is 65.3 Å². The Labute approximate surface area is 571 Å². The van der Waals surface area contributed by atoms with E-state index in [1.807, 2.05) is 0 Å². The summed E-state index contributed by atoms with van der Waals surface area (Å²) in [6, 6.07) is 31.8. The topological polar surface area (TPSA) is 9.23 Å². The zero-order chi connectivity index (χ0) is 70.9. The smallest absolute Gasteiger partial charge is 0.229 e. The summed E-state index contributed by atoms with van der Waals surface area (Å²) in [5.74, 6) is 0. The third kappa shape index (κ3) is 23.2. The molecule has 516 valence electrons. The molecule has 0 atom stereocenters. The lowest BCUT2D eigenvalue weighted by molar-refractivity contribution is 0.278. The van der Waals surface area contributed by atoms with Crippen molar-refractivity contribution < 1.29 is 4.12 Å². The molecular weight excluding hydrogens is 1130 g/mol. The Morgan fingerprint density at radius 3 is 0.462 bits per heavy atom. The molecule has 4 rings (SSSR count). The van der Waals surface area contributed by atoms with Crippen LogP contribution in [0.5, 0.6) is 0 Å². The van der Waals surface area contributed by atoms with Gasteiger partial charge in [0.2, 0.25) is 18.1 Å². The van der Waals surface area contributed by atoms with Crippen molar-refractivity contribution in [3.63, 3.8) is 0 Å². The van der Waals surface area contributed by atoms with Gasteiger partial charge >= 0.3 is 0 Å². The fourth-order valence-corrected chi connectivity index (χ4v) is 27.5. The van der Waals surface area contributed by atoms with Gasteiger partial charge in [-0.3, -0.25) is 0 Å². The quantitative estimate of drug-likeness (QED) is 0.0713. The van der Waals surface area contributed by atoms with Crippen LogP contribution in [0.15, 0.2) is 72.8 Å². The van der Waals surface area contributed by atoms with E-state index < -0.39 is 18.1 Å². The summed E-state index contributed by atoms with van der Waals surface area (Å²) in [5, 5.41) is 5.86. The van der Waals surface area contributed by atoms with Crippen LogP contribution in [0.3, 0.4) is 0 Å². The SMILES string of the molecule is CC(C)(C)CC(C)(C)c1ccc([SiH](O[SiH](c2ccc(C(C)(C)CC(C)(C)C)cc2C(C)(C)CC(C)(C)C)c2ccc(C(C)(C)CC(C)(C)C)cc2C(C)(C)CC(C)(C)C)c2ccc(C(C)(C)CC(C)(C)C)cc2C(C)(C)CC(C)(C)C)c(C(C)(C)CC(C)(C)C)c1. The van der Waals surface area contributed by atoms with Gasteiger partial charge in [0.05, 0.1) is 0 Å². The highest BCUT2D eigenvalue weighted by atomic mass is 28.4. The van der Waals surface area contributed by atoms with E-state index in [0.717, 1.165) is 51.4 Å². The monoisotopic (exact) mass is 1280 g/mol. The molecule has 0 heterocycles. The van der Waals surface area contributed by atoms with Crippen LogP contribution in [0.2, 0.25) is 0 Å². The van der Waals surface area contributed by atoms with E-state index in [9.17, 15) is 4.12 Å². The summed E-state index contributed by atoms with van der Waals surface area (Å²) < 4.78 is 9.36. The molecule has 0 aromatic heterocycles. The molecule has 0 fully saturated rings. The minimum atomic E-state index is -2.82. The Kier molecular flexibility index (Phi) is 23.6. The third-order valence-electron chi connectivity index (χ3n) is 19.4. The summed E-state index contributed by atoms with van der Waals surface area (Å²) in [6.07, 6.45) is 8.56. The molecule has 4 aromatic carbocycles. The van der Waals surface area contributed by atoms with E-state index in [0.29, 0.717) is 0 Å². The fourth-order valence-electron chi connectivity index (χ4n) is 19.3. The summed E-state index contributed by atoms with van der Waals surface area (Å²) in [5.41, 5.74) is 11.8. The molecule has 0 saturated carbocycles. The van der Waals surface area contributed by atoms with Crippen molar-refractivity contribution in [1.29, 1.82) is 0 Å². The van der Waals surface area contributed by atoms with E-state index in [1.54, 1.807) is 0 Å². The van der Waals surface area contributed by atoms with Crippen molar-refractivity contribution in [1.82, 2.24) is 0 Å². The molecule has 0 amide bonds. The minimum Gasteiger partial charge on any atom is -0.446 e. The maximum absolute atomic E-state index is 9.36. The molecule has 0 radical (unpaired) electrons. The van der Waals surface area contributed by atoms with Gasteiger partial charge < -0.3 is 4.12 Å². The molecule has 0 aliphatic heterocycles. The van der Waals surface area contributed by atoms with Gasteiger partial charge in [0.15, 0.2) is 0 Å².